The van der Waals surface area contributed by atoms with E-state index in [2.05, 4.69) is 42.1 Å². The van der Waals surface area contributed by atoms with Gasteiger partial charge in [-0.1, -0.05) is 29.5 Å². The van der Waals surface area contributed by atoms with E-state index in [0.717, 1.165) is 10.3 Å². The Morgan fingerprint density at radius 1 is 1.41 bits per heavy atom. The van der Waals surface area contributed by atoms with Crippen molar-refractivity contribution in [3.05, 3.63) is 63.1 Å². The number of rotatable bonds is 3. The van der Waals surface area contributed by atoms with Gasteiger partial charge in [0.25, 0.3) is 5.91 Å². The molecule has 0 saturated heterocycles. The molecule has 0 fully saturated rings. The minimum atomic E-state index is -0.186. The summed E-state index contributed by atoms with van der Waals surface area (Å²) in [6, 6.07) is 7.96. The number of hydrogen-bond donors (Lipinski definition) is 0. The lowest BCUT2D eigenvalue weighted by molar-refractivity contribution is 0.100. The van der Waals surface area contributed by atoms with Crippen molar-refractivity contribution < 1.29 is 4.79 Å². The van der Waals surface area contributed by atoms with Crippen LogP contribution in [0.15, 0.2) is 47.3 Å². The van der Waals surface area contributed by atoms with Crippen LogP contribution in [0, 0.1) is 13.8 Å². The van der Waals surface area contributed by atoms with Gasteiger partial charge in [0.1, 0.15) is 0 Å². The molecule has 0 aliphatic carbocycles. The molecule has 112 valence electrons. The summed E-state index contributed by atoms with van der Waals surface area (Å²) in [6.45, 7) is 8.63. The van der Waals surface area contributed by atoms with Crippen molar-refractivity contribution in [3.63, 3.8) is 0 Å². The molecule has 0 N–H and O–H groups in total. The van der Waals surface area contributed by atoms with Gasteiger partial charge in [-0.2, -0.15) is 4.99 Å². The molecule has 0 unspecified atom stereocenters. The van der Waals surface area contributed by atoms with Crippen LogP contribution < -0.4 is 4.80 Å². The third-order valence-electron chi connectivity index (χ3n) is 3.36. The van der Waals surface area contributed by atoms with Gasteiger partial charge < -0.3 is 4.57 Å². The Hall–Kier alpha value is -1.98. The van der Waals surface area contributed by atoms with E-state index >= 15 is 0 Å². The van der Waals surface area contributed by atoms with Crippen LogP contribution >= 0.6 is 22.7 Å². The number of carbonyl (C=O) groups excluding carboxylic acids is 1. The zero-order chi connectivity index (χ0) is 15.7. The number of nitrogens with zero attached hydrogens (tertiary/aromatic N) is 2. The number of benzene rings is 1. The van der Waals surface area contributed by atoms with Gasteiger partial charge in [0.05, 0.1) is 15.1 Å². The predicted octanol–water partition coefficient (Wildman–Crippen LogP) is 4.31. The Bertz CT molecular complexity index is 914. The maximum atomic E-state index is 12.3. The molecular formula is C17H16N2OS2. The van der Waals surface area contributed by atoms with E-state index in [9.17, 15) is 4.79 Å². The average Bonchev–Trinajstić information content (AvgIpc) is 3.09. The summed E-state index contributed by atoms with van der Waals surface area (Å²) in [6.07, 6.45) is 1.83. The number of amides is 1. The molecule has 2 aromatic heterocycles. The fourth-order valence-electron chi connectivity index (χ4n) is 2.45. The molecule has 0 spiro atoms. The van der Waals surface area contributed by atoms with Crippen LogP contribution in [-0.4, -0.2) is 10.5 Å². The number of carbonyl (C=O) groups is 1. The van der Waals surface area contributed by atoms with Crippen LogP contribution in [0.3, 0.4) is 0 Å². The zero-order valence-electron chi connectivity index (χ0n) is 12.5. The van der Waals surface area contributed by atoms with Gasteiger partial charge in [-0.05, 0) is 42.5 Å². The first-order valence-electron chi connectivity index (χ1n) is 6.94. The second-order valence-corrected chi connectivity index (χ2v) is 7.03. The van der Waals surface area contributed by atoms with E-state index in [1.807, 2.05) is 17.5 Å². The first kappa shape index (κ1) is 14.9. The van der Waals surface area contributed by atoms with Crippen molar-refractivity contribution in [2.75, 3.05) is 0 Å². The van der Waals surface area contributed by atoms with Gasteiger partial charge >= 0.3 is 0 Å². The molecule has 0 saturated carbocycles. The van der Waals surface area contributed by atoms with Gasteiger partial charge in [0.2, 0.25) is 0 Å². The van der Waals surface area contributed by atoms with Crippen molar-refractivity contribution >= 4 is 38.8 Å². The highest BCUT2D eigenvalue weighted by atomic mass is 32.1. The molecular weight excluding hydrogens is 312 g/mol. The fraction of sp³-hybridized carbons (Fsp3) is 0.176. The second kappa shape index (κ2) is 6.02. The molecule has 3 aromatic rings. The average molecular weight is 328 g/mol. The van der Waals surface area contributed by atoms with Gasteiger partial charge in [-0.15, -0.1) is 17.9 Å². The van der Waals surface area contributed by atoms with Crippen LogP contribution in [-0.2, 0) is 6.54 Å². The Morgan fingerprint density at radius 2 is 2.23 bits per heavy atom. The molecule has 0 aliphatic heterocycles. The molecule has 2 heterocycles. The van der Waals surface area contributed by atoms with Crippen LogP contribution in [0.4, 0.5) is 0 Å². The van der Waals surface area contributed by atoms with Gasteiger partial charge in [0, 0.05) is 6.54 Å². The third-order valence-corrected chi connectivity index (χ3v) is 5.44. The molecule has 3 nitrogen and oxygen atoms in total. The van der Waals surface area contributed by atoms with Crippen molar-refractivity contribution in [1.82, 2.24) is 4.57 Å². The molecule has 0 atom stereocenters. The predicted molar refractivity (Wildman–Crippen MR) is 93.7 cm³/mol. The van der Waals surface area contributed by atoms with Crippen molar-refractivity contribution in [3.8, 4) is 0 Å². The molecule has 1 amide bonds. The van der Waals surface area contributed by atoms with Gasteiger partial charge in [0.15, 0.2) is 4.80 Å². The number of allylic oxidation sites excluding steroid dienone is 1. The summed E-state index contributed by atoms with van der Waals surface area (Å²) in [4.78, 5) is 18.0. The van der Waals surface area contributed by atoms with Gasteiger partial charge in [-0.3, -0.25) is 4.79 Å². The molecule has 0 radical (unpaired) electrons. The monoisotopic (exact) mass is 328 g/mol. The molecule has 0 bridgehead atoms. The fourth-order valence-corrected chi connectivity index (χ4v) is 4.14. The van der Waals surface area contributed by atoms with Crippen LogP contribution in [0.2, 0.25) is 0 Å². The number of aryl methyl sites for hydroxylation is 2. The smallest absolute Gasteiger partial charge is 0.289 e. The maximum absolute atomic E-state index is 12.3. The minimum absolute atomic E-state index is 0.186. The summed E-state index contributed by atoms with van der Waals surface area (Å²) in [5.41, 5.74) is 3.53. The Balaban J connectivity index is 2.24. The van der Waals surface area contributed by atoms with E-state index in [-0.39, 0.29) is 5.91 Å². The largest absolute Gasteiger partial charge is 0.312 e. The first-order valence-corrected chi connectivity index (χ1v) is 8.64. The molecule has 3 rings (SSSR count). The van der Waals surface area contributed by atoms with Crippen molar-refractivity contribution in [1.29, 1.82) is 0 Å². The van der Waals surface area contributed by atoms with Crippen LogP contribution in [0.1, 0.15) is 20.8 Å². The van der Waals surface area contributed by atoms with E-state index in [1.54, 1.807) is 17.4 Å². The summed E-state index contributed by atoms with van der Waals surface area (Å²) >= 11 is 2.97. The van der Waals surface area contributed by atoms with E-state index in [4.69, 9.17) is 0 Å². The zero-order valence-corrected chi connectivity index (χ0v) is 14.1. The second-order valence-electron chi connectivity index (χ2n) is 5.11. The lowest BCUT2D eigenvalue weighted by Gasteiger charge is -2.03. The number of hydrogen-bond acceptors (Lipinski definition) is 3. The number of aromatic nitrogens is 1. The SMILES string of the molecule is C=CCn1c(=NC(=O)c2cccs2)sc2c(C)cc(C)cc21. The molecule has 5 heteroatoms. The highest BCUT2D eigenvalue weighted by Crippen LogP contribution is 2.23. The Morgan fingerprint density at radius 3 is 2.91 bits per heavy atom. The summed E-state index contributed by atoms with van der Waals surface area (Å²) in [5.74, 6) is -0.186. The Labute approximate surface area is 136 Å². The number of fused-ring (bicyclic) bond motifs is 1. The van der Waals surface area contributed by atoms with Crippen LogP contribution in [0.5, 0.6) is 0 Å². The lowest BCUT2D eigenvalue weighted by Crippen LogP contribution is -2.16. The summed E-state index contributed by atoms with van der Waals surface area (Å²) in [7, 11) is 0. The quantitative estimate of drug-likeness (QED) is 0.660. The minimum Gasteiger partial charge on any atom is -0.312 e. The van der Waals surface area contributed by atoms with E-state index in [1.165, 1.54) is 27.2 Å². The van der Waals surface area contributed by atoms with Crippen molar-refractivity contribution in [2.24, 2.45) is 4.99 Å². The normalized spacial score (nSPS) is 12.0. The number of thiophene rings is 1. The highest BCUT2D eigenvalue weighted by molar-refractivity contribution is 7.16. The number of thiazole rings is 1. The lowest BCUT2D eigenvalue weighted by atomic mass is 10.1. The van der Waals surface area contributed by atoms with Crippen molar-refractivity contribution in [2.45, 2.75) is 20.4 Å². The molecule has 22 heavy (non-hydrogen) atoms. The Kier molecular flexibility index (Phi) is 4.09. The highest BCUT2D eigenvalue weighted by Gasteiger charge is 2.11. The first-order chi connectivity index (χ1) is 10.6. The molecule has 0 aliphatic rings. The van der Waals surface area contributed by atoms with E-state index in [0.29, 0.717) is 11.4 Å². The van der Waals surface area contributed by atoms with Crippen LogP contribution in [0.25, 0.3) is 10.2 Å². The summed E-state index contributed by atoms with van der Waals surface area (Å²) < 4.78 is 3.23. The topological polar surface area (TPSA) is 34.4 Å². The standard InChI is InChI=1S/C17H16N2OS2/c1-4-7-19-13-10-11(2)9-12(3)15(13)22-17(19)18-16(20)14-6-5-8-21-14/h4-6,8-10H,1,7H2,2-3H3. The summed E-state index contributed by atoms with van der Waals surface area (Å²) in [5, 5.41) is 1.89. The molecule has 1 aromatic carbocycles. The van der Waals surface area contributed by atoms with Gasteiger partial charge in [-0.25, -0.2) is 0 Å². The van der Waals surface area contributed by atoms with E-state index < -0.39 is 0 Å². The third kappa shape index (κ3) is 2.69. The maximum Gasteiger partial charge on any atom is 0.289 e.